The topological polar surface area (TPSA) is 15.7 Å². The van der Waals surface area contributed by atoms with Crippen molar-refractivity contribution < 1.29 is 4.74 Å². The smallest absolute Gasteiger partial charge is 0.0594 e. The van der Waals surface area contributed by atoms with Crippen molar-refractivity contribution >= 4 is 11.8 Å². The van der Waals surface area contributed by atoms with Gasteiger partial charge >= 0.3 is 0 Å². The zero-order valence-corrected chi connectivity index (χ0v) is 18.0. The Labute approximate surface area is 175 Å². The van der Waals surface area contributed by atoms with E-state index >= 15 is 0 Å². The van der Waals surface area contributed by atoms with Gasteiger partial charge in [0.05, 0.1) is 13.2 Å². The molecule has 28 heavy (non-hydrogen) atoms. The van der Waals surface area contributed by atoms with Crippen molar-refractivity contribution in [2.75, 3.05) is 51.7 Å². The summed E-state index contributed by atoms with van der Waals surface area (Å²) in [6.45, 7) is 10.7. The molecule has 0 unspecified atom stereocenters. The molecule has 0 radical (unpaired) electrons. The van der Waals surface area contributed by atoms with Gasteiger partial charge in [-0.15, -0.1) is 0 Å². The molecule has 2 aromatic carbocycles. The summed E-state index contributed by atoms with van der Waals surface area (Å²) in [5.74, 6) is 2.28. The van der Waals surface area contributed by atoms with E-state index in [9.17, 15) is 0 Å². The molecule has 152 valence electrons. The average Bonchev–Trinajstić information content (AvgIpc) is 2.74. The van der Waals surface area contributed by atoms with Crippen LogP contribution in [0.1, 0.15) is 23.1 Å². The van der Waals surface area contributed by atoms with Gasteiger partial charge in [-0.3, -0.25) is 9.80 Å². The minimum absolute atomic E-state index is 0.892. The zero-order chi connectivity index (χ0) is 19.4. The zero-order valence-electron chi connectivity index (χ0n) is 17.2. The maximum absolute atomic E-state index is 5.46. The molecular formula is C24H34N2OS. The van der Waals surface area contributed by atoms with Gasteiger partial charge in [0.25, 0.3) is 0 Å². The highest BCUT2D eigenvalue weighted by molar-refractivity contribution is 7.98. The SMILES string of the molecule is Cc1ccc(CN(CCCN2CCOCC2)CCSCc2ccccc2)cc1. The van der Waals surface area contributed by atoms with Crippen molar-refractivity contribution in [2.45, 2.75) is 25.6 Å². The first-order valence-electron chi connectivity index (χ1n) is 10.5. The van der Waals surface area contributed by atoms with Crippen LogP contribution in [-0.2, 0) is 17.0 Å². The van der Waals surface area contributed by atoms with Crippen molar-refractivity contribution in [1.29, 1.82) is 0 Å². The van der Waals surface area contributed by atoms with Gasteiger partial charge in [-0.25, -0.2) is 0 Å². The van der Waals surface area contributed by atoms with Gasteiger partial charge in [0, 0.05) is 37.7 Å². The maximum atomic E-state index is 5.46. The van der Waals surface area contributed by atoms with Crippen LogP contribution in [0.2, 0.25) is 0 Å². The minimum atomic E-state index is 0.892. The minimum Gasteiger partial charge on any atom is -0.379 e. The quantitative estimate of drug-likeness (QED) is 0.519. The number of morpholine rings is 1. The molecule has 0 amide bonds. The van der Waals surface area contributed by atoms with E-state index in [-0.39, 0.29) is 0 Å². The van der Waals surface area contributed by atoms with Gasteiger partial charge in [0.1, 0.15) is 0 Å². The first-order valence-corrected chi connectivity index (χ1v) is 11.6. The Hall–Kier alpha value is -1.33. The summed E-state index contributed by atoms with van der Waals surface area (Å²) in [6.07, 6.45) is 1.23. The Morgan fingerprint density at radius 2 is 1.68 bits per heavy atom. The van der Waals surface area contributed by atoms with Crippen molar-refractivity contribution in [3.63, 3.8) is 0 Å². The number of hydrogen-bond acceptors (Lipinski definition) is 4. The molecule has 0 bridgehead atoms. The molecule has 2 aromatic rings. The summed E-state index contributed by atoms with van der Waals surface area (Å²) >= 11 is 2.04. The lowest BCUT2D eigenvalue weighted by atomic mass is 10.1. The second kappa shape index (κ2) is 12.3. The summed E-state index contributed by atoms with van der Waals surface area (Å²) in [7, 11) is 0. The van der Waals surface area contributed by atoms with Gasteiger partial charge in [-0.1, -0.05) is 60.2 Å². The monoisotopic (exact) mass is 398 g/mol. The summed E-state index contributed by atoms with van der Waals surface area (Å²) < 4.78 is 5.46. The lowest BCUT2D eigenvalue weighted by Crippen LogP contribution is -2.38. The molecule has 0 aromatic heterocycles. The third-order valence-electron chi connectivity index (χ3n) is 5.24. The van der Waals surface area contributed by atoms with E-state index in [2.05, 4.69) is 71.3 Å². The highest BCUT2D eigenvalue weighted by Crippen LogP contribution is 2.14. The number of thioether (sulfide) groups is 1. The molecule has 3 nitrogen and oxygen atoms in total. The molecule has 1 saturated heterocycles. The Kier molecular flexibility index (Phi) is 9.38. The van der Waals surface area contributed by atoms with Crippen molar-refractivity contribution in [3.05, 3.63) is 71.3 Å². The Bertz CT molecular complexity index is 656. The molecule has 1 aliphatic rings. The predicted octanol–water partition coefficient (Wildman–Crippen LogP) is 4.45. The van der Waals surface area contributed by atoms with Crippen LogP contribution < -0.4 is 0 Å². The third kappa shape index (κ3) is 7.96. The number of aryl methyl sites for hydroxylation is 1. The third-order valence-corrected chi connectivity index (χ3v) is 6.25. The van der Waals surface area contributed by atoms with Crippen LogP contribution in [-0.4, -0.2) is 61.5 Å². The summed E-state index contributed by atoms with van der Waals surface area (Å²) in [4.78, 5) is 5.17. The van der Waals surface area contributed by atoms with Crippen LogP contribution >= 0.6 is 11.8 Å². The molecule has 4 heteroatoms. The molecule has 1 heterocycles. The van der Waals surface area contributed by atoms with E-state index in [1.807, 2.05) is 11.8 Å². The normalized spacial score (nSPS) is 15.2. The molecule has 0 atom stereocenters. The first-order chi connectivity index (χ1) is 13.8. The van der Waals surface area contributed by atoms with Crippen molar-refractivity contribution in [1.82, 2.24) is 9.80 Å². The molecule has 0 spiro atoms. The molecular weight excluding hydrogens is 364 g/mol. The average molecular weight is 399 g/mol. The van der Waals surface area contributed by atoms with Crippen LogP contribution in [0, 0.1) is 6.92 Å². The van der Waals surface area contributed by atoms with Crippen LogP contribution in [0.5, 0.6) is 0 Å². The highest BCUT2D eigenvalue weighted by atomic mass is 32.2. The van der Waals surface area contributed by atoms with E-state index in [4.69, 9.17) is 4.74 Å². The fraction of sp³-hybridized carbons (Fsp3) is 0.500. The van der Waals surface area contributed by atoms with E-state index in [1.54, 1.807) is 0 Å². The lowest BCUT2D eigenvalue weighted by molar-refractivity contribution is 0.0361. The van der Waals surface area contributed by atoms with Gasteiger partial charge in [-0.05, 0) is 37.6 Å². The van der Waals surface area contributed by atoms with Crippen LogP contribution in [0.15, 0.2) is 54.6 Å². The first kappa shape index (κ1) is 21.4. The number of nitrogens with zero attached hydrogens (tertiary/aromatic N) is 2. The lowest BCUT2D eigenvalue weighted by Gasteiger charge is -2.28. The fourth-order valence-corrected chi connectivity index (χ4v) is 4.48. The van der Waals surface area contributed by atoms with Gasteiger partial charge in [0.2, 0.25) is 0 Å². The van der Waals surface area contributed by atoms with Gasteiger partial charge in [0.15, 0.2) is 0 Å². The van der Waals surface area contributed by atoms with Crippen molar-refractivity contribution in [3.8, 4) is 0 Å². The summed E-state index contributed by atoms with van der Waals surface area (Å²) in [6, 6.07) is 19.8. The Balaban J connectivity index is 1.44. The van der Waals surface area contributed by atoms with Crippen molar-refractivity contribution in [2.24, 2.45) is 0 Å². The molecule has 1 fully saturated rings. The second-order valence-corrected chi connectivity index (χ2v) is 8.71. The van der Waals surface area contributed by atoms with Gasteiger partial charge < -0.3 is 4.74 Å². The number of rotatable bonds is 11. The number of hydrogen-bond donors (Lipinski definition) is 0. The standard InChI is InChI=1S/C24H34N2OS/c1-22-8-10-23(11-9-22)20-26(13-5-12-25-14-17-27-18-15-25)16-19-28-21-24-6-3-2-4-7-24/h2-4,6-11H,5,12-21H2,1H3. The fourth-order valence-electron chi connectivity index (χ4n) is 3.52. The molecule has 0 N–H and O–H groups in total. The summed E-state index contributed by atoms with van der Waals surface area (Å²) in [5, 5.41) is 0. The van der Waals surface area contributed by atoms with Gasteiger partial charge in [-0.2, -0.15) is 11.8 Å². The van der Waals surface area contributed by atoms with Crippen LogP contribution in [0.4, 0.5) is 0 Å². The van der Waals surface area contributed by atoms with Crippen LogP contribution in [0.3, 0.4) is 0 Å². The Morgan fingerprint density at radius 3 is 2.43 bits per heavy atom. The Morgan fingerprint density at radius 1 is 0.929 bits per heavy atom. The van der Waals surface area contributed by atoms with E-state index in [0.717, 1.165) is 51.7 Å². The molecule has 0 aliphatic carbocycles. The highest BCUT2D eigenvalue weighted by Gasteiger charge is 2.11. The molecule has 0 saturated carbocycles. The van der Waals surface area contributed by atoms with E-state index in [1.165, 1.54) is 35.4 Å². The second-order valence-electron chi connectivity index (χ2n) is 7.61. The van der Waals surface area contributed by atoms with Crippen LogP contribution in [0.25, 0.3) is 0 Å². The summed E-state index contributed by atoms with van der Waals surface area (Å²) in [5.41, 5.74) is 4.18. The number of benzene rings is 2. The number of ether oxygens (including phenoxy) is 1. The maximum Gasteiger partial charge on any atom is 0.0594 e. The van der Waals surface area contributed by atoms with E-state index in [0.29, 0.717) is 0 Å². The van der Waals surface area contributed by atoms with E-state index < -0.39 is 0 Å². The molecule has 3 rings (SSSR count). The largest absolute Gasteiger partial charge is 0.379 e. The predicted molar refractivity (Wildman–Crippen MR) is 121 cm³/mol. The molecule has 1 aliphatic heterocycles.